The molecule has 0 spiro atoms. The molecule has 0 heterocycles. The Hall–Kier alpha value is -1.24. The molecule has 1 aromatic rings. The quantitative estimate of drug-likeness (QED) is 0.609. The van der Waals surface area contributed by atoms with Gasteiger partial charge < -0.3 is 9.47 Å². The lowest BCUT2D eigenvalue weighted by Crippen LogP contribution is -2.17. The highest BCUT2D eigenvalue weighted by Gasteiger charge is 2.06. The fraction of sp³-hybridized carbons (Fsp3) is 0.385. The number of benzene rings is 1. The minimum absolute atomic E-state index is 0.126. The Kier molecular flexibility index (Phi) is 5.82. The summed E-state index contributed by atoms with van der Waals surface area (Å²) in [6.07, 6.45) is -0.126. The van der Waals surface area contributed by atoms with Gasteiger partial charge in [-0.1, -0.05) is 11.8 Å². The van der Waals surface area contributed by atoms with E-state index < -0.39 is 5.82 Å². The first-order valence-corrected chi connectivity index (χ1v) is 5.70. The Morgan fingerprint density at radius 3 is 2.82 bits per heavy atom. The van der Waals surface area contributed by atoms with Crippen LogP contribution < -0.4 is 4.74 Å². The molecular weight excluding hydrogens is 243 g/mol. The summed E-state index contributed by atoms with van der Waals surface area (Å²) in [5.74, 6) is 5.46. The van der Waals surface area contributed by atoms with Gasteiger partial charge >= 0.3 is 0 Å². The van der Waals surface area contributed by atoms with Crippen LogP contribution in [0.5, 0.6) is 5.75 Å². The van der Waals surface area contributed by atoms with Crippen molar-refractivity contribution in [2.75, 3.05) is 19.6 Å². The summed E-state index contributed by atoms with van der Waals surface area (Å²) in [7, 11) is 1.59. The van der Waals surface area contributed by atoms with Crippen LogP contribution >= 0.6 is 11.6 Å². The molecule has 1 rings (SSSR count). The Morgan fingerprint density at radius 1 is 1.47 bits per heavy atom. The molecule has 0 aliphatic carbocycles. The van der Waals surface area contributed by atoms with E-state index in [2.05, 4.69) is 11.8 Å². The van der Waals surface area contributed by atoms with Crippen LogP contribution in [0.1, 0.15) is 12.5 Å². The fourth-order valence-electron chi connectivity index (χ4n) is 1.30. The van der Waals surface area contributed by atoms with Gasteiger partial charge in [-0.3, -0.25) is 0 Å². The molecule has 0 aliphatic heterocycles. The smallest absolute Gasteiger partial charge is 0.142 e. The zero-order valence-electron chi connectivity index (χ0n) is 9.80. The zero-order valence-corrected chi connectivity index (χ0v) is 10.6. The molecule has 17 heavy (non-hydrogen) atoms. The molecule has 0 radical (unpaired) electrons. The molecule has 0 N–H and O–H groups in total. The minimum Gasteiger partial charge on any atom is -0.488 e. The van der Waals surface area contributed by atoms with Crippen LogP contribution in [0.25, 0.3) is 0 Å². The van der Waals surface area contributed by atoms with E-state index in [1.165, 1.54) is 6.07 Å². The minimum atomic E-state index is -0.412. The second kappa shape index (κ2) is 7.16. The third-order valence-electron chi connectivity index (χ3n) is 1.97. The molecule has 1 unspecified atom stereocenters. The fourth-order valence-corrected chi connectivity index (χ4v) is 1.37. The molecule has 0 fully saturated rings. The standard InChI is InChI=1S/C13H14ClFO2/c1-10(9-16-2)17-12-6-5-11(4-3-7-14)13(15)8-12/h5-6,8,10H,7,9H2,1-2H3. The predicted octanol–water partition coefficient (Wildman–Crippen LogP) is 2.83. The average Bonchev–Trinajstić information content (AvgIpc) is 2.28. The van der Waals surface area contributed by atoms with Crippen LogP contribution in [0.3, 0.4) is 0 Å². The molecule has 92 valence electrons. The molecule has 0 aliphatic rings. The summed E-state index contributed by atoms with van der Waals surface area (Å²) in [6.45, 7) is 2.30. The first kappa shape index (κ1) is 13.8. The maximum Gasteiger partial charge on any atom is 0.142 e. The molecule has 0 saturated heterocycles. The molecule has 4 heteroatoms. The van der Waals surface area contributed by atoms with Crippen LogP contribution in [0, 0.1) is 17.7 Å². The number of hydrogen-bond acceptors (Lipinski definition) is 2. The van der Waals surface area contributed by atoms with Crippen LogP contribution in [0.4, 0.5) is 4.39 Å². The number of alkyl halides is 1. The second-order valence-electron chi connectivity index (χ2n) is 3.46. The van der Waals surface area contributed by atoms with Gasteiger partial charge in [0.2, 0.25) is 0 Å². The molecular formula is C13H14ClFO2. The van der Waals surface area contributed by atoms with Crippen LogP contribution in [0.2, 0.25) is 0 Å². The van der Waals surface area contributed by atoms with Gasteiger partial charge in [0.15, 0.2) is 0 Å². The predicted molar refractivity (Wildman–Crippen MR) is 66.0 cm³/mol. The van der Waals surface area contributed by atoms with E-state index in [4.69, 9.17) is 21.1 Å². The number of hydrogen-bond donors (Lipinski definition) is 0. The summed E-state index contributed by atoms with van der Waals surface area (Å²) in [4.78, 5) is 0. The van der Waals surface area contributed by atoms with Gasteiger partial charge in [0.05, 0.1) is 18.1 Å². The highest BCUT2D eigenvalue weighted by atomic mass is 35.5. The van der Waals surface area contributed by atoms with Crippen molar-refractivity contribution in [2.45, 2.75) is 13.0 Å². The number of rotatable bonds is 4. The van der Waals surface area contributed by atoms with E-state index in [1.54, 1.807) is 19.2 Å². The first-order valence-electron chi connectivity index (χ1n) is 5.17. The van der Waals surface area contributed by atoms with E-state index in [-0.39, 0.29) is 12.0 Å². The topological polar surface area (TPSA) is 18.5 Å². The molecule has 1 atom stereocenters. The van der Waals surface area contributed by atoms with Crippen molar-refractivity contribution in [1.29, 1.82) is 0 Å². The van der Waals surface area contributed by atoms with Crippen molar-refractivity contribution in [3.63, 3.8) is 0 Å². The van der Waals surface area contributed by atoms with Crippen molar-refractivity contribution >= 4 is 11.6 Å². The summed E-state index contributed by atoms with van der Waals surface area (Å²) in [5.41, 5.74) is 0.317. The summed E-state index contributed by atoms with van der Waals surface area (Å²) < 4.78 is 23.9. The Balaban J connectivity index is 2.75. The average molecular weight is 257 g/mol. The van der Waals surface area contributed by atoms with E-state index in [0.29, 0.717) is 17.9 Å². The van der Waals surface area contributed by atoms with E-state index in [1.807, 2.05) is 6.92 Å². The summed E-state index contributed by atoms with van der Waals surface area (Å²) in [6, 6.07) is 4.56. The molecule has 0 bridgehead atoms. The van der Waals surface area contributed by atoms with Gasteiger partial charge in [-0.15, -0.1) is 11.6 Å². The molecule has 0 amide bonds. The molecule has 2 nitrogen and oxygen atoms in total. The van der Waals surface area contributed by atoms with E-state index in [0.717, 1.165) is 0 Å². The van der Waals surface area contributed by atoms with Crippen molar-refractivity contribution < 1.29 is 13.9 Å². The van der Waals surface area contributed by atoms with Crippen molar-refractivity contribution in [3.05, 3.63) is 29.6 Å². The molecule has 0 saturated carbocycles. The Bertz CT molecular complexity index is 423. The highest BCUT2D eigenvalue weighted by molar-refractivity contribution is 6.19. The Labute approximate surface area is 106 Å². The van der Waals surface area contributed by atoms with Gasteiger partial charge in [-0.05, 0) is 19.1 Å². The summed E-state index contributed by atoms with van der Waals surface area (Å²) >= 11 is 5.40. The SMILES string of the molecule is COCC(C)Oc1ccc(C#CCCl)c(F)c1. The third-order valence-corrected chi connectivity index (χ3v) is 2.10. The van der Waals surface area contributed by atoms with Gasteiger partial charge in [0.25, 0.3) is 0 Å². The van der Waals surface area contributed by atoms with Gasteiger partial charge in [-0.25, -0.2) is 4.39 Å². The normalized spacial score (nSPS) is 11.5. The van der Waals surface area contributed by atoms with Crippen LogP contribution in [-0.2, 0) is 4.74 Å². The maximum atomic E-state index is 13.6. The zero-order chi connectivity index (χ0) is 12.7. The van der Waals surface area contributed by atoms with Crippen LogP contribution in [-0.4, -0.2) is 25.7 Å². The Morgan fingerprint density at radius 2 is 2.24 bits per heavy atom. The molecule has 1 aromatic carbocycles. The largest absolute Gasteiger partial charge is 0.488 e. The van der Waals surface area contributed by atoms with Crippen LogP contribution in [0.15, 0.2) is 18.2 Å². The van der Waals surface area contributed by atoms with Gasteiger partial charge in [-0.2, -0.15) is 0 Å². The third kappa shape index (κ3) is 4.64. The number of halogens is 2. The van der Waals surface area contributed by atoms with Crippen molar-refractivity contribution in [3.8, 4) is 17.6 Å². The number of methoxy groups -OCH3 is 1. The maximum absolute atomic E-state index is 13.6. The lowest BCUT2D eigenvalue weighted by atomic mass is 10.2. The monoisotopic (exact) mass is 256 g/mol. The highest BCUT2D eigenvalue weighted by Crippen LogP contribution is 2.17. The summed E-state index contributed by atoms with van der Waals surface area (Å²) in [5, 5.41) is 0. The molecule has 0 aromatic heterocycles. The first-order chi connectivity index (χ1) is 8.17. The van der Waals surface area contributed by atoms with Gasteiger partial charge in [0.1, 0.15) is 17.7 Å². The van der Waals surface area contributed by atoms with E-state index in [9.17, 15) is 4.39 Å². The lowest BCUT2D eigenvalue weighted by molar-refractivity contribution is 0.0918. The second-order valence-corrected chi connectivity index (χ2v) is 3.73. The van der Waals surface area contributed by atoms with Gasteiger partial charge in [0, 0.05) is 13.2 Å². The van der Waals surface area contributed by atoms with Crippen molar-refractivity contribution in [2.24, 2.45) is 0 Å². The van der Waals surface area contributed by atoms with E-state index >= 15 is 0 Å². The number of ether oxygens (including phenoxy) is 2. The van der Waals surface area contributed by atoms with Crippen molar-refractivity contribution in [1.82, 2.24) is 0 Å². The lowest BCUT2D eigenvalue weighted by Gasteiger charge is -2.13.